The number of benzene rings is 1. The van der Waals surface area contributed by atoms with Crippen LogP contribution < -0.4 is 5.32 Å². The van der Waals surface area contributed by atoms with Gasteiger partial charge in [-0.15, -0.1) is 0 Å². The Bertz CT molecular complexity index is 360. The van der Waals surface area contributed by atoms with Crippen molar-refractivity contribution in [3.8, 4) is 0 Å². The smallest absolute Gasteiger partial charge is 0.0412 e. The predicted octanol–water partition coefficient (Wildman–Crippen LogP) is 4.91. The predicted molar refractivity (Wildman–Crippen MR) is 84.7 cm³/mol. The highest BCUT2D eigenvalue weighted by Gasteiger charge is 2.16. The summed E-state index contributed by atoms with van der Waals surface area (Å²) >= 11 is 8.07. The van der Waals surface area contributed by atoms with E-state index in [0.717, 1.165) is 23.7 Å². The van der Waals surface area contributed by atoms with E-state index in [2.05, 4.69) is 45.1 Å². The van der Waals surface area contributed by atoms with Gasteiger partial charge in [0.1, 0.15) is 0 Å². The molecule has 0 bridgehead atoms. The largest absolute Gasteiger partial charge is 0.309 e. The molecular weight excluding hydrogens is 262 g/mol. The van der Waals surface area contributed by atoms with E-state index in [1.54, 1.807) is 0 Å². The van der Waals surface area contributed by atoms with Crippen LogP contribution in [0.2, 0.25) is 5.02 Å². The molecule has 0 aliphatic heterocycles. The van der Waals surface area contributed by atoms with Crippen LogP contribution in [0.1, 0.15) is 45.7 Å². The molecule has 1 aromatic carbocycles. The zero-order valence-electron chi connectivity index (χ0n) is 11.8. The van der Waals surface area contributed by atoms with Gasteiger partial charge in [-0.25, -0.2) is 0 Å². The van der Waals surface area contributed by atoms with Crippen LogP contribution in [-0.4, -0.2) is 17.0 Å². The Morgan fingerprint density at radius 2 is 2.06 bits per heavy atom. The molecule has 102 valence electrons. The first-order valence-electron chi connectivity index (χ1n) is 6.55. The molecule has 3 heteroatoms. The van der Waals surface area contributed by atoms with E-state index in [-0.39, 0.29) is 0 Å². The molecule has 0 fully saturated rings. The van der Waals surface area contributed by atoms with Gasteiger partial charge in [0.15, 0.2) is 0 Å². The molecule has 0 radical (unpaired) electrons. The Morgan fingerprint density at radius 1 is 1.33 bits per heavy atom. The van der Waals surface area contributed by atoms with Crippen LogP contribution in [0.5, 0.6) is 0 Å². The summed E-state index contributed by atoms with van der Waals surface area (Å²) in [5, 5.41) is 4.42. The lowest BCUT2D eigenvalue weighted by atomic mass is 10.1. The lowest BCUT2D eigenvalue weighted by molar-refractivity contribution is 0.575. The lowest BCUT2D eigenvalue weighted by Crippen LogP contribution is -2.26. The molecule has 0 aliphatic carbocycles. The first-order chi connectivity index (χ1) is 8.42. The van der Waals surface area contributed by atoms with E-state index in [1.807, 2.05) is 23.9 Å². The Hall–Kier alpha value is -0.180. The zero-order valence-corrected chi connectivity index (χ0v) is 13.4. The molecule has 1 nitrogen and oxygen atoms in total. The highest BCUT2D eigenvalue weighted by Crippen LogP contribution is 2.29. The first-order valence-corrected chi connectivity index (χ1v) is 7.91. The molecule has 0 aromatic heterocycles. The van der Waals surface area contributed by atoms with Crippen LogP contribution in [0.15, 0.2) is 24.3 Å². The van der Waals surface area contributed by atoms with Crippen molar-refractivity contribution in [1.82, 2.24) is 5.32 Å². The van der Waals surface area contributed by atoms with Crippen molar-refractivity contribution in [3.63, 3.8) is 0 Å². The van der Waals surface area contributed by atoms with Crippen LogP contribution >= 0.6 is 23.4 Å². The van der Waals surface area contributed by atoms with Crippen molar-refractivity contribution < 1.29 is 0 Å². The topological polar surface area (TPSA) is 12.0 Å². The summed E-state index contributed by atoms with van der Waals surface area (Å²) in [5.41, 5.74) is 1.28. The molecule has 1 rings (SSSR count). The third-order valence-electron chi connectivity index (χ3n) is 2.57. The summed E-state index contributed by atoms with van der Waals surface area (Å²) in [4.78, 5) is 0. The van der Waals surface area contributed by atoms with Crippen LogP contribution in [0.25, 0.3) is 0 Å². The van der Waals surface area contributed by atoms with Gasteiger partial charge < -0.3 is 5.32 Å². The number of thioether (sulfide) groups is 1. The average molecular weight is 286 g/mol. The molecule has 1 unspecified atom stereocenters. The van der Waals surface area contributed by atoms with Crippen molar-refractivity contribution >= 4 is 23.4 Å². The van der Waals surface area contributed by atoms with Gasteiger partial charge in [-0.3, -0.25) is 0 Å². The Morgan fingerprint density at radius 3 is 2.61 bits per heavy atom. The van der Waals surface area contributed by atoms with Gasteiger partial charge in [0.2, 0.25) is 0 Å². The van der Waals surface area contributed by atoms with Crippen LogP contribution in [0.4, 0.5) is 0 Å². The second kappa shape index (κ2) is 7.42. The third-order valence-corrected chi connectivity index (χ3v) is 4.18. The van der Waals surface area contributed by atoms with Crippen LogP contribution in [0, 0.1) is 0 Å². The summed E-state index contributed by atoms with van der Waals surface area (Å²) in [6.07, 6.45) is 1.15. The normalized spacial score (nSPS) is 13.6. The highest BCUT2D eigenvalue weighted by molar-refractivity contribution is 8.00. The molecule has 1 aromatic rings. The molecular formula is C15H24ClNS. The minimum Gasteiger partial charge on any atom is -0.309 e. The van der Waals surface area contributed by atoms with Crippen molar-refractivity contribution in [2.75, 3.05) is 12.3 Å². The van der Waals surface area contributed by atoms with Gasteiger partial charge in [-0.2, -0.15) is 11.8 Å². The summed E-state index contributed by atoms with van der Waals surface area (Å²) < 4.78 is 0.296. The fourth-order valence-corrected chi connectivity index (χ4v) is 2.82. The Labute approximate surface area is 121 Å². The molecule has 0 heterocycles. The molecule has 0 spiro atoms. The molecule has 1 N–H and O–H groups in total. The van der Waals surface area contributed by atoms with Crippen molar-refractivity contribution in [1.29, 1.82) is 0 Å². The van der Waals surface area contributed by atoms with Gasteiger partial charge in [0.25, 0.3) is 0 Å². The van der Waals surface area contributed by atoms with E-state index in [1.165, 1.54) is 5.56 Å². The fourth-order valence-electron chi connectivity index (χ4n) is 1.65. The Kier molecular flexibility index (Phi) is 6.54. The standard InChI is InChI=1S/C15H24ClNS/c1-5-9-17-14(11-18-15(2,3)4)12-7-6-8-13(16)10-12/h6-8,10,14,17H,5,9,11H2,1-4H3. The van der Waals surface area contributed by atoms with E-state index >= 15 is 0 Å². The maximum absolute atomic E-state index is 6.08. The average Bonchev–Trinajstić information content (AvgIpc) is 2.28. The number of hydrogen-bond donors (Lipinski definition) is 1. The van der Waals surface area contributed by atoms with Crippen LogP contribution in [0.3, 0.4) is 0 Å². The Balaban J connectivity index is 2.71. The van der Waals surface area contributed by atoms with E-state index in [0.29, 0.717) is 10.8 Å². The van der Waals surface area contributed by atoms with E-state index in [9.17, 15) is 0 Å². The number of halogens is 1. The van der Waals surface area contributed by atoms with Gasteiger partial charge in [-0.1, -0.05) is 51.4 Å². The van der Waals surface area contributed by atoms with Crippen molar-refractivity contribution in [2.45, 2.75) is 44.9 Å². The van der Waals surface area contributed by atoms with Gasteiger partial charge in [-0.05, 0) is 30.7 Å². The van der Waals surface area contributed by atoms with Crippen molar-refractivity contribution in [3.05, 3.63) is 34.9 Å². The number of rotatable bonds is 6. The van der Waals surface area contributed by atoms with Crippen molar-refractivity contribution in [2.24, 2.45) is 0 Å². The van der Waals surface area contributed by atoms with E-state index in [4.69, 9.17) is 11.6 Å². The summed E-state index contributed by atoms with van der Waals surface area (Å²) in [7, 11) is 0. The minimum absolute atomic E-state index is 0.296. The third kappa shape index (κ3) is 6.12. The van der Waals surface area contributed by atoms with E-state index < -0.39 is 0 Å². The molecule has 1 atom stereocenters. The summed E-state index contributed by atoms with van der Waals surface area (Å²) in [5.74, 6) is 1.07. The lowest BCUT2D eigenvalue weighted by Gasteiger charge is -2.24. The SMILES string of the molecule is CCCNC(CSC(C)(C)C)c1cccc(Cl)c1. The van der Waals surface area contributed by atoms with Gasteiger partial charge >= 0.3 is 0 Å². The summed E-state index contributed by atoms with van der Waals surface area (Å²) in [6, 6.07) is 8.56. The number of hydrogen-bond acceptors (Lipinski definition) is 2. The minimum atomic E-state index is 0.296. The first kappa shape index (κ1) is 15.9. The monoisotopic (exact) mass is 285 g/mol. The fraction of sp³-hybridized carbons (Fsp3) is 0.600. The molecule has 0 saturated heterocycles. The quantitative estimate of drug-likeness (QED) is 0.797. The second-order valence-corrected chi connectivity index (χ2v) is 7.77. The molecule has 0 saturated carbocycles. The van der Waals surface area contributed by atoms with Gasteiger partial charge in [0, 0.05) is 21.6 Å². The number of nitrogens with one attached hydrogen (secondary N) is 1. The zero-order chi connectivity index (χ0) is 13.6. The van der Waals surface area contributed by atoms with Crippen LogP contribution in [-0.2, 0) is 0 Å². The molecule has 0 amide bonds. The molecule has 0 aliphatic rings. The maximum Gasteiger partial charge on any atom is 0.0412 e. The van der Waals surface area contributed by atoms with Gasteiger partial charge in [0.05, 0.1) is 0 Å². The maximum atomic E-state index is 6.08. The second-order valence-electron chi connectivity index (χ2n) is 5.49. The highest BCUT2D eigenvalue weighted by atomic mass is 35.5. The molecule has 18 heavy (non-hydrogen) atoms. The summed E-state index contributed by atoms with van der Waals surface area (Å²) in [6.45, 7) is 10.0.